The number of halogens is 2. The lowest BCUT2D eigenvalue weighted by Crippen LogP contribution is -2.30. The molecule has 0 saturated heterocycles. The fourth-order valence-electron chi connectivity index (χ4n) is 5.67. The summed E-state index contributed by atoms with van der Waals surface area (Å²) < 4.78 is 31.1. The van der Waals surface area contributed by atoms with E-state index in [2.05, 4.69) is 4.99 Å². The van der Waals surface area contributed by atoms with Gasteiger partial charge in [-0.15, -0.1) is 0 Å². The van der Waals surface area contributed by atoms with Crippen LogP contribution in [0.25, 0.3) is 11.1 Å². The first-order valence-electron chi connectivity index (χ1n) is 15.3. The van der Waals surface area contributed by atoms with Gasteiger partial charge < -0.3 is 14.6 Å². The lowest BCUT2D eigenvalue weighted by Gasteiger charge is -2.21. The van der Waals surface area contributed by atoms with Gasteiger partial charge in [-0.2, -0.15) is 0 Å². The summed E-state index contributed by atoms with van der Waals surface area (Å²) in [4.78, 5) is 45.0. The molecule has 1 amide bonds. The SMILES string of the molecule is Cc1cc(=O)n(C(CCC(C)C)C(=O)/N=C/C(CC(=O)O)c2cc(-c3c(C)cc(F)cc3C)cc(C)c2F)cc1CCN(C)C. The standard InChI is InChI=1S/C36H45F2N3O4/c1-21(2)9-10-31(41-20-26(11-12-40(7)8)22(3)16-32(41)42)36(45)39-19-28(18-33(43)44)30-17-27(13-25(6)35(30)38)34-23(4)14-29(37)15-24(34)5/h13-17,19-21,28,31H,9-12,18H2,1-8H3,(H,43,44)/b39-19+. The molecule has 0 fully saturated rings. The molecule has 3 rings (SSSR count). The molecule has 0 saturated carbocycles. The van der Waals surface area contributed by atoms with Crippen LogP contribution in [-0.4, -0.2) is 53.3 Å². The highest BCUT2D eigenvalue weighted by atomic mass is 19.1. The number of amides is 1. The number of likely N-dealkylation sites (N-methyl/N-ethyl adjacent to an activating group) is 1. The highest BCUT2D eigenvalue weighted by Crippen LogP contribution is 2.34. The van der Waals surface area contributed by atoms with Crippen LogP contribution < -0.4 is 5.56 Å². The molecular weight excluding hydrogens is 576 g/mol. The van der Waals surface area contributed by atoms with Crippen molar-refractivity contribution in [3.63, 3.8) is 0 Å². The van der Waals surface area contributed by atoms with Gasteiger partial charge >= 0.3 is 5.97 Å². The maximum absolute atomic E-state index is 15.6. The molecule has 0 bridgehead atoms. The van der Waals surface area contributed by atoms with E-state index in [1.54, 1.807) is 39.1 Å². The molecule has 1 heterocycles. The van der Waals surface area contributed by atoms with E-state index in [1.165, 1.54) is 29.0 Å². The summed E-state index contributed by atoms with van der Waals surface area (Å²) in [5.41, 5.74) is 4.47. The fourth-order valence-corrected chi connectivity index (χ4v) is 5.67. The molecule has 0 aliphatic heterocycles. The third-order valence-corrected chi connectivity index (χ3v) is 8.11. The minimum absolute atomic E-state index is 0.0734. The number of benzene rings is 2. The number of hydrogen-bond donors (Lipinski definition) is 1. The second-order valence-corrected chi connectivity index (χ2v) is 12.7. The molecule has 0 aliphatic carbocycles. The Morgan fingerprint density at radius 2 is 1.60 bits per heavy atom. The van der Waals surface area contributed by atoms with E-state index in [9.17, 15) is 23.9 Å². The van der Waals surface area contributed by atoms with Crippen molar-refractivity contribution in [2.75, 3.05) is 20.6 Å². The van der Waals surface area contributed by atoms with Crippen molar-refractivity contribution in [1.29, 1.82) is 0 Å². The van der Waals surface area contributed by atoms with Gasteiger partial charge in [-0.25, -0.2) is 13.8 Å². The zero-order valence-electron chi connectivity index (χ0n) is 27.6. The molecule has 7 nitrogen and oxygen atoms in total. The summed E-state index contributed by atoms with van der Waals surface area (Å²) in [6.45, 7) is 11.8. The number of rotatable bonds is 13. The molecule has 2 aromatic carbocycles. The van der Waals surface area contributed by atoms with Crippen LogP contribution in [0.4, 0.5) is 8.78 Å². The van der Waals surface area contributed by atoms with Gasteiger partial charge in [0.1, 0.15) is 17.7 Å². The zero-order valence-corrected chi connectivity index (χ0v) is 27.6. The largest absolute Gasteiger partial charge is 0.481 e. The third kappa shape index (κ3) is 9.26. The summed E-state index contributed by atoms with van der Waals surface area (Å²) >= 11 is 0. The molecule has 45 heavy (non-hydrogen) atoms. The Balaban J connectivity index is 2.09. The fraction of sp³-hybridized carbons (Fsp3) is 0.444. The van der Waals surface area contributed by atoms with E-state index in [4.69, 9.17) is 0 Å². The molecule has 0 spiro atoms. The second kappa shape index (κ2) is 15.3. The van der Waals surface area contributed by atoms with E-state index >= 15 is 4.39 Å². The number of aliphatic imine (C=N–C) groups is 1. The first kappa shape index (κ1) is 35.5. The number of hydrogen-bond acceptors (Lipinski definition) is 4. The van der Waals surface area contributed by atoms with Crippen LogP contribution in [0.3, 0.4) is 0 Å². The Labute approximate surface area is 264 Å². The van der Waals surface area contributed by atoms with Crippen LogP contribution in [0.1, 0.15) is 78.5 Å². The van der Waals surface area contributed by atoms with Crippen molar-refractivity contribution in [3.05, 3.63) is 91.9 Å². The van der Waals surface area contributed by atoms with Crippen LogP contribution in [0, 0.1) is 45.2 Å². The normalized spacial score (nSPS) is 13.2. The number of carboxylic acids is 1. The monoisotopic (exact) mass is 621 g/mol. The van der Waals surface area contributed by atoms with Gasteiger partial charge in [0.2, 0.25) is 0 Å². The van der Waals surface area contributed by atoms with E-state index < -0.39 is 36.1 Å². The van der Waals surface area contributed by atoms with Gasteiger partial charge in [0.25, 0.3) is 11.5 Å². The van der Waals surface area contributed by atoms with Gasteiger partial charge in [-0.1, -0.05) is 13.8 Å². The Hall–Kier alpha value is -3.98. The first-order chi connectivity index (χ1) is 21.1. The molecule has 3 aromatic rings. The van der Waals surface area contributed by atoms with Crippen molar-refractivity contribution in [1.82, 2.24) is 9.47 Å². The van der Waals surface area contributed by atoms with E-state index in [1.807, 2.05) is 39.8 Å². The van der Waals surface area contributed by atoms with Crippen LogP contribution in [0.5, 0.6) is 0 Å². The van der Waals surface area contributed by atoms with Gasteiger partial charge in [0, 0.05) is 30.9 Å². The average Bonchev–Trinajstić information content (AvgIpc) is 2.92. The van der Waals surface area contributed by atoms with E-state index in [0.29, 0.717) is 36.0 Å². The minimum Gasteiger partial charge on any atom is -0.481 e. The smallest absolute Gasteiger partial charge is 0.304 e. The van der Waals surface area contributed by atoms with Crippen LogP contribution in [-0.2, 0) is 16.0 Å². The number of carbonyl (C=O) groups excluding carboxylic acids is 1. The summed E-state index contributed by atoms with van der Waals surface area (Å²) in [6.07, 6.45) is 4.12. The molecule has 0 radical (unpaired) electrons. The van der Waals surface area contributed by atoms with Crippen LogP contribution in [0.2, 0.25) is 0 Å². The van der Waals surface area contributed by atoms with Crippen molar-refractivity contribution < 1.29 is 23.5 Å². The van der Waals surface area contributed by atoms with E-state index in [-0.39, 0.29) is 28.4 Å². The van der Waals surface area contributed by atoms with Gasteiger partial charge in [0.15, 0.2) is 0 Å². The molecular formula is C36H45F2N3O4. The Morgan fingerprint density at radius 1 is 0.956 bits per heavy atom. The maximum atomic E-state index is 15.6. The average molecular weight is 622 g/mol. The van der Waals surface area contributed by atoms with Crippen molar-refractivity contribution in [2.45, 2.75) is 79.2 Å². The van der Waals surface area contributed by atoms with Crippen molar-refractivity contribution in [2.24, 2.45) is 10.9 Å². The Bertz CT molecular complexity index is 1620. The number of pyridine rings is 1. The van der Waals surface area contributed by atoms with Crippen molar-refractivity contribution >= 4 is 18.1 Å². The number of carbonyl (C=O) groups is 2. The predicted molar refractivity (Wildman–Crippen MR) is 175 cm³/mol. The first-order valence-corrected chi connectivity index (χ1v) is 15.3. The highest BCUT2D eigenvalue weighted by Gasteiger charge is 2.25. The topological polar surface area (TPSA) is 92.0 Å². The minimum atomic E-state index is -1.19. The summed E-state index contributed by atoms with van der Waals surface area (Å²) in [7, 11) is 3.93. The number of aliphatic carboxylic acids is 1. The lowest BCUT2D eigenvalue weighted by atomic mass is 9.88. The number of aromatic nitrogens is 1. The predicted octanol–water partition coefficient (Wildman–Crippen LogP) is 6.96. The van der Waals surface area contributed by atoms with Crippen molar-refractivity contribution in [3.8, 4) is 11.1 Å². The van der Waals surface area contributed by atoms with Gasteiger partial charge in [-0.05, 0) is 136 Å². The molecule has 0 aliphatic rings. The number of aryl methyl sites for hydroxylation is 4. The molecule has 242 valence electrons. The van der Waals surface area contributed by atoms with Gasteiger partial charge in [-0.3, -0.25) is 14.4 Å². The lowest BCUT2D eigenvalue weighted by molar-refractivity contribution is -0.137. The third-order valence-electron chi connectivity index (χ3n) is 8.11. The Morgan fingerprint density at radius 3 is 2.18 bits per heavy atom. The quantitative estimate of drug-likeness (QED) is 0.208. The molecule has 9 heteroatoms. The van der Waals surface area contributed by atoms with E-state index in [0.717, 1.165) is 23.2 Å². The maximum Gasteiger partial charge on any atom is 0.304 e. The summed E-state index contributed by atoms with van der Waals surface area (Å²) in [6, 6.07) is 6.62. The second-order valence-electron chi connectivity index (χ2n) is 12.7. The molecule has 2 atom stereocenters. The highest BCUT2D eigenvalue weighted by molar-refractivity contribution is 5.91. The van der Waals surface area contributed by atoms with Crippen LogP contribution in [0.15, 0.2) is 46.3 Å². The summed E-state index contributed by atoms with van der Waals surface area (Å²) in [5, 5.41) is 9.73. The molecule has 1 aromatic heterocycles. The number of carboxylic acid groups (broad SMARTS) is 1. The molecule has 2 unspecified atom stereocenters. The van der Waals surface area contributed by atoms with Gasteiger partial charge in [0.05, 0.1) is 6.42 Å². The zero-order chi connectivity index (χ0) is 33.6. The Kier molecular flexibility index (Phi) is 12.1. The molecule has 1 N–H and O–H groups in total. The van der Waals surface area contributed by atoms with Crippen LogP contribution >= 0.6 is 0 Å². The summed E-state index contributed by atoms with van der Waals surface area (Å²) in [5.74, 6) is -3.58. The number of nitrogens with zero attached hydrogens (tertiary/aromatic N) is 3.